The van der Waals surface area contributed by atoms with Crippen LogP contribution in [0.25, 0.3) is 0 Å². The minimum atomic E-state index is -0.362. The smallest absolute Gasteiger partial charge is 0.110 e. The van der Waals surface area contributed by atoms with Gasteiger partial charge in [-0.15, -0.1) is 0 Å². The second-order valence-corrected chi connectivity index (χ2v) is 3.33. The van der Waals surface area contributed by atoms with Crippen molar-refractivity contribution in [2.24, 2.45) is 17.4 Å². The lowest BCUT2D eigenvalue weighted by molar-refractivity contribution is 0.408. The van der Waals surface area contributed by atoms with E-state index in [1.807, 2.05) is 18.4 Å². The number of dihydropyridines is 1. The molecule has 0 aromatic heterocycles. The van der Waals surface area contributed by atoms with E-state index >= 15 is 0 Å². The molecule has 3 heteroatoms. The third-order valence-corrected chi connectivity index (χ3v) is 2.27. The summed E-state index contributed by atoms with van der Waals surface area (Å²) in [6.07, 6.45) is 7.98. The summed E-state index contributed by atoms with van der Waals surface area (Å²) in [5.41, 5.74) is 12.1. The summed E-state index contributed by atoms with van der Waals surface area (Å²) in [5.74, 6) is 0.575. The molecule has 1 aliphatic carbocycles. The van der Waals surface area contributed by atoms with Gasteiger partial charge in [0.2, 0.25) is 0 Å². The molecule has 1 heterocycles. The molecule has 2 rings (SSSR count). The summed E-state index contributed by atoms with van der Waals surface area (Å²) in [6, 6.07) is 0. The Morgan fingerprint density at radius 3 is 2.82 bits per heavy atom. The molecule has 60 valence electrons. The largest absolute Gasteiger partial charge is 0.399 e. The zero-order chi connectivity index (χ0) is 7.90. The Labute approximate surface area is 66.1 Å². The maximum absolute atomic E-state index is 6.04. The second kappa shape index (κ2) is 2.01. The normalized spacial score (nSPS) is 36.3. The molecule has 0 bridgehead atoms. The Kier molecular flexibility index (Phi) is 1.23. The quantitative estimate of drug-likeness (QED) is 0.494. The van der Waals surface area contributed by atoms with E-state index in [2.05, 4.69) is 5.32 Å². The van der Waals surface area contributed by atoms with Crippen molar-refractivity contribution in [3.8, 4) is 0 Å². The average Bonchev–Trinajstić information content (AvgIpc) is 2.66. The number of hydrogen-bond donors (Lipinski definition) is 3. The number of nitrogens with one attached hydrogen (secondary N) is 1. The van der Waals surface area contributed by atoms with Gasteiger partial charge in [0.15, 0.2) is 0 Å². The lowest BCUT2D eigenvalue weighted by Gasteiger charge is -2.29. The Hall–Kier alpha value is -0.960. The molecule has 1 fully saturated rings. The fourth-order valence-electron chi connectivity index (χ4n) is 1.44. The molecule has 1 aliphatic heterocycles. The zero-order valence-corrected chi connectivity index (χ0v) is 6.38. The van der Waals surface area contributed by atoms with Crippen LogP contribution in [0.2, 0.25) is 0 Å². The fourth-order valence-corrected chi connectivity index (χ4v) is 1.44. The first-order valence-corrected chi connectivity index (χ1v) is 3.92. The van der Waals surface area contributed by atoms with Gasteiger partial charge in [0.1, 0.15) is 5.66 Å². The van der Waals surface area contributed by atoms with Crippen LogP contribution >= 0.6 is 0 Å². The lowest BCUT2D eigenvalue weighted by atomic mass is 10.0. The molecule has 1 unspecified atom stereocenters. The number of nitrogens with two attached hydrogens (primary N) is 2. The van der Waals surface area contributed by atoms with Crippen molar-refractivity contribution >= 4 is 0 Å². The summed E-state index contributed by atoms with van der Waals surface area (Å²) < 4.78 is 0. The molecule has 0 spiro atoms. The Morgan fingerprint density at radius 1 is 1.55 bits per heavy atom. The van der Waals surface area contributed by atoms with Crippen molar-refractivity contribution in [2.75, 3.05) is 0 Å². The van der Waals surface area contributed by atoms with Crippen LogP contribution in [0.1, 0.15) is 12.8 Å². The first kappa shape index (κ1) is 6.73. The molecule has 1 atom stereocenters. The topological polar surface area (TPSA) is 64.1 Å². The molecule has 1 saturated carbocycles. The van der Waals surface area contributed by atoms with Crippen molar-refractivity contribution in [3.63, 3.8) is 0 Å². The van der Waals surface area contributed by atoms with E-state index in [0.29, 0.717) is 5.92 Å². The average molecular weight is 151 g/mol. The Morgan fingerprint density at radius 2 is 2.27 bits per heavy atom. The molecule has 0 radical (unpaired) electrons. The van der Waals surface area contributed by atoms with Crippen LogP contribution in [0.5, 0.6) is 0 Å². The summed E-state index contributed by atoms with van der Waals surface area (Å²) in [5, 5.41) is 3.13. The number of allylic oxidation sites excluding steroid dienone is 1. The van der Waals surface area contributed by atoms with Crippen molar-refractivity contribution in [1.82, 2.24) is 5.32 Å². The molecule has 0 aromatic rings. The van der Waals surface area contributed by atoms with Gasteiger partial charge in [-0.25, -0.2) is 0 Å². The van der Waals surface area contributed by atoms with Crippen LogP contribution < -0.4 is 16.8 Å². The summed E-state index contributed by atoms with van der Waals surface area (Å²) in [6.45, 7) is 0. The standard InChI is InChI=1S/C8H13N3/c9-7-3-4-11-8(10,5-7)6-1-2-6/h3-6,11H,1-2,9-10H2. The predicted molar refractivity (Wildman–Crippen MR) is 44.2 cm³/mol. The molecular formula is C8H13N3. The highest BCUT2D eigenvalue weighted by molar-refractivity contribution is 5.27. The van der Waals surface area contributed by atoms with Gasteiger partial charge in [-0.3, -0.25) is 0 Å². The monoisotopic (exact) mass is 151 g/mol. The van der Waals surface area contributed by atoms with E-state index in [-0.39, 0.29) is 5.66 Å². The van der Waals surface area contributed by atoms with Crippen molar-refractivity contribution in [2.45, 2.75) is 18.5 Å². The highest BCUT2D eigenvalue weighted by Crippen LogP contribution is 2.38. The zero-order valence-electron chi connectivity index (χ0n) is 6.38. The van der Waals surface area contributed by atoms with E-state index < -0.39 is 0 Å². The summed E-state index contributed by atoms with van der Waals surface area (Å²) in [7, 11) is 0. The molecule has 0 amide bonds. The Balaban J connectivity index is 2.20. The third kappa shape index (κ3) is 1.12. The van der Waals surface area contributed by atoms with Crippen molar-refractivity contribution in [3.05, 3.63) is 24.0 Å². The van der Waals surface area contributed by atoms with Gasteiger partial charge in [0, 0.05) is 11.9 Å². The predicted octanol–water partition coefficient (Wildman–Crippen LogP) is 0.0109. The SMILES string of the molecule is NC1=CC(N)(C2CC2)NC=C1. The van der Waals surface area contributed by atoms with Crippen LogP contribution in [-0.4, -0.2) is 5.66 Å². The number of hydrogen-bond acceptors (Lipinski definition) is 3. The van der Waals surface area contributed by atoms with E-state index in [0.717, 1.165) is 5.70 Å². The van der Waals surface area contributed by atoms with Crippen LogP contribution in [0.4, 0.5) is 0 Å². The van der Waals surface area contributed by atoms with Crippen molar-refractivity contribution in [1.29, 1.82) is 0 Å². The maximum atomic E-state index is 6.04. The van der Waals surface area contributed by atoms with E-state index in [1.54, 1.807) is 0 Å². The minimum absolute atomic E-state index is 0.362. The van der Waals surface area contributed by atoms with Gasteiger partial charge in [0.05, 0.1) is 0 Å². The van der Waals surface area contributed by atoms with Crippen LogP contribution in [-0.2, 0) is 0 Å². The van der Waals surface area contributed by atoms with E-state index in [9.17, 15) is 0 Å². The minimum Gasteiger partial charge on any atom is -0.399 e. The van der Waals surface area contributed by atoms with E-state index in [4.69, 9.17) is 11.5 Å². The summed E-state index contributed by atoms with van der Waals surface area (Å²) >= 11 is 0. The van der Waals surface area contributed by atoms with E-state index in [1.165, 1.54) is 12.8 Å². The summed E-state index contributed by atoms with van der Waals surface area (Å²) in [4.78, 5) is 0. The van der Waals surface area contributed by atoms with Crippen molar-refractivity contribution < 1.29 is 0 Å². The Bertz CT molecular complexity index is 227. The van der Waals surface area contributed by atoms with Crippen LogP contribution in [0.15, 0.2) is 24.0 Å². The first-order valence-electron chi connectivity index (χ1n) is 3.92. The highest BCUT2D eigenvalue weighted by atomic mass is 15.1. The molecule has 3 nitrogen and oxygen atoms in total. The van der Waals surface area contributed by atoms with Crippen LogP contribution in [0, 0.1) is 5.92 Å². The van der Waals surface area contributed by atoms with Gasteiger partial charge >= 0.3 is 0 Å². The molecule has 2 aliphatic rings. The molecule has 11 heavy (non-hydrogen) atoms. The van der Waals surface area contributed by atoms with Gasteiger partial charge in [-0.05, 0) is 30.9 Å². The lowest BCUT2D eigenvalue weighted by Crippen LogP contribution is -2.53. The third-order valence-electron chi connectivity index (χ3n) is 2.27. The molecule has 0 saturated heterocycles. The van der Waals surface area contributed by atoms with Crippen LogP contribution in [0.3, 0.4) is 0 Å². The maximum Gasteiger partial charge on any atom is 0.110 e. The van der Waals surface area contributed by atoms with Gasteiger partial charge in [0.25, 0.3) is 0 Å². The van der Waals surface area contributed by atoms with Gasteiger partial charge < -0.3 is 16.8 Å². The van der Waals surface area contributed by atoms with Gasteiger partial charge in [-0.2, -0.15) is 0 Å². The second-order valence-electron chi connectivity index (χ2n) is 3.33. The fraction of sp³-hybridized carbons (Fsp3) is 0.500. The highest BCUT2D eigenvalue weighted by Gasteiger charge is 2.40. The molecular weight excluding hydrogens is 138 g/mol. The molecule has 0 aromatic carbocycles. The molecule has 5 N–H and O–H groups in total. The first-order chi connectivity index (χ1) is 5.21. The van der Waals surface area contributed by atoms with Gasteiger partial charge in [-0.1, -0.05) is 0 Å². The number of rotatable bonds is 1.